The fourth-order valence-corrected chi connectivity index (χ4v) is 1.75. The molecule has 0 fully saturated rings. The van der Waals surface area contributed by atoms with E-state index in [0.717, 1.165) is 12.8 Å². The van der Waals surface area contributed by atoms with Gasteiger partial charge in [0.05, 0.1) is 5.60 Å². The van der Waals surface area contributed by atoms with E-state index in [4.69, 9.17) is 16.1 Å². The topological polar surface area (TPSA) is 61.3 Å². The molecule has 0 aliphatic rings. The van der Waals surface area contributed by atoms with E-state index in [1.165, 1.54) is 12.0 Å². The molecule has 2 atom stereocenters. The summed E-state index contributed by atoms with van der Waals surface area (Å²) in [7, 11) is 1.79. The van der Waals surface area contributed by atoms with Crippen LogP contribution in [0.15, 0.2) is 11.6 Å². The third kappa shape index (κ3) is 18.6. The second kappa shape index (κ2) is 11.7. The van der Waals surface area contributed by atoms with Crippen LogP contribution in [0.25, 0.3) is 0 Å². The Morgan fingerprint density at radius 3 is 1.92 bits per heavy atom. The van der Waals surface area contributed by atoms with E-state index in [9.17, 15) is 0 Å². The molecule has 0 amide bonds. The van der Waals surface area contributed by atoms with E-state index in [1.807, 2.05) is 34.6 Å². The van der Waals surface area contributed by atoms with Crippen molar-refractivity contribution in [2.45, 2.75) is 110 Å². The van der Waals surface area contributed by atoms with E-state index in [0.29, 0.717) is 5.92 Å². The van der Waals surface area contributed by atoms with Crippen molar-refractivity contribution in [3.8, 4) is 0 Å². The largest absolute Gasteiger partial charge is 0.433 e. The summed E-state index contributed by atoms with van der Waals surface area (Å²) in [5.41, 5.74) is 12.5. The molecule has 0 saturated heterocycles. The molecule has 0 aromatic heterocycles. The fraction of sp³-hybridized carbons (Fsp3) is 0.900. The first-order valence-electron chi connectivity index (χ1n) is 9.37. The van der Waals surface area contributed by atoms with Crippen molar-refractivity contribution in [2.24, 2.45) is 17.4 Å². The Kier molecular flexibility index (Phi) is 12.7. The van der Waals surface area contributed by atoms with Gasteiger partial charge < -0.3 is 16.1 Å². The standard InChI is InChI=1S/C16H33BNOS.C4H11N/c1-12(2)9-8-10-13(3)11-14(18)17-19-15(4,5)16(6,7)20;1-4(2,3)5/h9,13-14,20H,8,10-11,18H2,1-7H3;5H2,1-3H3. The van der Waals surface area contributed by atoms with Crippen molar-refractivity contribution in [3.05, 3.63) is 11.6 Å². The highest BCUT2D eigenvalue weighted by Crippen LogP contribution is 2.30. The zero-order valence-electron chi connectivity index (χ0n) is 18.4. The first-order valence-corrected chi connectivity index (χ1v) is 9.82. The second-order valence-corrected chi connectivity index (χ2v) is 10.7. The van der Waals surface area contributed by atoms with E-state index in [1.54, 1.807) is 7.48 Å². The smallest absolute Gasteiger partial charge is 0.311 e. The summed E-state index contributed by atoms with van der Waals surface area (Å²) < 4.78 is 5.65. The molecule has 0 aliphatic heterocycles. The predicted molar refractivity (Wildman–Crippen MR) is 118 cm³/mol. The average Bonchev–Trinajstić information content (AvgIpc) is 2.32. The molecule has 0 aliphatic carbocycles. The Morgan fingerprint density at radius 2 is 1.56 bits per heavy atom. The highest BCUT2D eigenvalue weighted by molar-refractivity contribution is 7.81. The highest BCUT2D eigenvalue weighted by atomic mass is 32.1. The Bertz CT molecular complexity index is 374. The van der Waals surface area contributed by atoms with Crippen molar-refractivity contribution in [1.82, 2.24) is 0 Å². The van der Waals surface area contributed by atoms with Gasteiger partial charge in [0.2, 0.25) is 0 Å². The summed E-state index contributed by atoms with van der Waals surface area (Å²) in [6.07, 6.45) is 5.55. The summed E-state index contributed by atoms with van der Waals surface area (Å²) >= 11 is 4.58. The third-order valence-corrected chi connectivity index (χ3v) is 4.44. The molecule has 0 spiro atoms. The molecule has 3 nitrogen and oxygen atoms in total. The van der Waals surface area contributed by atoms with Crippen LogP contribution in [0, 0.1) is 5.92 Å². The first-order chi connectivity index (χ1) is 11.0. The number of hydrogen-bond donors (Lipinski definition) is 3. The number of hydrogen-bond acceptors (Lipinski definition) is 4. The van der Waals surface area contributed by atoms with Gasteiger partial charge in [-0.05, 0) is 87.5 Å². The lowest BCUT2D eigenvalue weighted by Crippen LogP contribution is -2.47. The molecule has 149 valence electrons. The van der Waals surface area contributed by atoms with Crippen molar-refractivity contribution in [1.29, 1.82) is 0 Å². The van der Waals surface area contributed by atoms with Gasteiger partial charge in [-0.15, -0.1) is 0 Å². The van der Waals surface area contributed by atoms with E-state index < -0.39 is 0 Å². The van der Waals surface area contributed by atoms with Gasteiger partial charge in [-0.2, -0.15) is 12.6 Å². The molecule has 0 bridgehead atoms. The van der Waals surface area contributed by atoms with Crippen molar-refractivity contribution >= 4 is 20.1 Å². The maximum absolute atomic E-state index is 6.14. The van der Waals surface area contributed by atoms with Crippen LogP contribution in [-0.2, 0) is 4.65 Å². The van der Waals surface area contributed by atoms with Crippen LogP contribution in [0.1, 0.15) is 88.5 Å². The second-order valence-electron chi connectivity index (χ2n) is 9.55. The van der Waals surface area contributed by atoms with E-state index >= 15 is 0 Å². The molecule has 2 unspecified atom stereocenters. The van der Waals surface area contributed by atoms with Gasteiger partial charge in [0, 0.05) is 16.2 Å². The first kappa shape index (κ1) is 27.3. The van der Waals surface area contributed by atoms with E-state index in [-0.39, 0.29) is 21.8 Å². The van der Waals surface area contributed by atoms with Gasteiger partial charge >= 0.3 is 7.48 Å². The minimum atomic E-state index is -0.334. The molecule has 0 saturated carbocycles. The zero-order valence-corrected chi connectivity index (χ0v) is 19.3. The Balaban J connectivity index is 0. The average molecular weight is 371 g/mol. The molecule has 0 rings (SSSR count). The molecule has 25 heavy (non-hydrogen) atoms. The van der Waals surface area contributed by atoms with Gasteiger partial charge in [0.15, 0.2) is 0 Å². The zero-order chi connectivity index (χ0) is 20.5. The minimum Gasteiger partial charge on any atom is -0.433 e. The molecule has 0 aromatic carbocycles. The Labute approximate surface area is 164 Å². The number of rotatable bonds is 9. The van der Waals surface area contributed by atoms with Crippen LogP contribution in [-0.4, -0.2) is 29.3 Å². The SMILES string of the molecule is CC(C)(C)N.CC(C)=CCCC(C)CC(N)[B]OC(C)(C)C(C)(C)S. The Morgan fingerprint density at radius 1 is 1.12 bits per heavy atom. The lowest BCUT2D eigenvalue weighted by molar-refractivity contribution is 0.0799. The fourth-order valence-electron chi connectivity index (χ4n) is 1.70. The molecule has 0 aromatic rings. The van der Waals surface area contributed by atoms with Gasteiger partial charge in [0.1, 0.15) is 0 Å². The molecule has 4 N–H and O–H groups in total. The van der Waals surface area contributed by atoms with Crippen LogP contribution >= 0.6 is 12.6 Å². The molecule has 1 radical (unpaired) electrons. The summed E-state index contributed by atoms with van der Waals surface area (Å²) in [6, 6.07) is 0. The summed E-state index contributed by atoms with van der Waals surface area (Å²) in [6.45, 7) is 20.6. The summed E-state index contributed by atoms with van der Waals surface area (Å²) in [5, 5.41) is 0. The summed E-state index contributed by atoms with van der Waals surface area (Å²) in [5.74, 6) is 0.583. The normalized spacial score (nSPS) is 14.9. The molecule has 0 heterocycles. The predicted octanol–water partition coefficient (Wildman–Crippen LogP) is 4.91. The maximum Gasteiger partial charge on any atom is 0.311 e. The van der Waals surface area contributed by atoms with Crippen LogP contribution in [0.4, 0.5) is 0 Å². The van der Waals surface area contributed by atoms with Crippen LogP contribution in [0.5, 0.6) is 0 Å². The van der Waals surface area contributed by atoms with Crippen molar-refractivity contribution < 1.29 is 4.65 Å². The number of allylic oxidation sites excluding steroid dienone is 2. The van der Waals surface area contributed by atoms with Gasteiger partial charge in [-0.3, -0.25) is 0 Å². The van der Waals surface area contributed by atoms with Crippen LogP contribution in [0.3, 0.4) is 0 Å². The number of nitrogens with two attached hydrogens (primary N) is 2. The van der Waals surface area contributed by atoms with Crippen LogP contribution in [0.2, 0.25) is 0 Å². The Hall–Kier alpha value is 0.0349. The number of thiol groups is 1. The van der Waals surface area contributed by atoms with Crippen LogP contribution < -0.4 is 11.5 Å². The quantitative estimate of drug-likeness (QED) is 0.307. The lowest BCUT2D eigenvalue weighted by atomic mass is 9.79. The molecular weight excluding hydrogens is 327 g/mol. The van der Waals surface area contributed by atoms with Crippen molar-refractivity contribution in [2.75, 3.05) is 0 Å². The maximum atomic E-state index is 6.14. The van der Waals surface area contributed by atoms with Gasteiger partial charge in [0.25, 0.3) is 0 Å². The minimum absolute atomic E-state index is 0. The highest BCUT2D eigenvalue weighted by Gasteiger charge is 2.35. The monoisotopic (exact) mass is 371 g/mol. The third-order valence-electron chi connectivity index (χ3n) is 3.90. The van der Waals surface area contributed by atoms with E-state index in [2.05, 4.69) is 53.3 Å². The van der Waals surface area contributed by atoms with Gasteiger partial charge in [-0.1, -0.05) is 18.6 Å². The lowest BCUT2D eigenvalue weighted by Gasteiger charge is -2.39. The summed E-state index contributed by atoms with van der Waals surface area (Å²) in [4.78, 5) is 0. The molecular formula is C20H44BN2OS. The van der Waals surface area contributed by atoms with Gasteiger partial charge in [-0.25, -0.2) is 0 Å². The van der Waals surface area contributed by atoms with Crippen molar-refractivity contribution in [3.63, 3.8) is 0 Å². The molecule has 5 heteroatoms.